The SMILES string of the molecule is O=C(Nc1ccsc1)OC1COC2C(Nc3nccc(-c4ccccc4)n3)COC12. The molecule has 154 valence electrons. The number of amides is 1. The number of benzene rings is 1. The van der Waals surface area contributed by atoms with Crippen molar-refractivity contribution in [3.8, 4) is 11.3 Å². The van der Waals surface area contributed by atoms with E-state index in [4.69, 9.17) is 14.2 Å². The van der Waals surface area contributed by atoms with E-state index in [2.05, 4.69) is 20.6 Å². The van der Waals surface area contributed by atoms with Crippen LogP contribution in [0.2, 0.25) is 0 Å². The predicted octanol–water partition coefficient (Wildman–Crippen LogP) is 3.40. The number of carbonyl (C=O) groups is 1. The van der Waals surface area contributed by atoms with Gasteiger partial charge in [0, 0.05) is 17.1 Å². The molecule has 2 aromatic heterocycles. The molecule has 2 aliphatic rings. The van der Waals surface area contributed by atoms with Crippen molar-refractivity contribution in [2.45, 2.75) is 24.4 Å². The normalized spacial score (nSPS) is 24.9. The summed E-state index contributed by atoms with van der Waals surface area (Å²) >= 11 is 1.50. The molecule has 3 aromatic rings. The van der Waals surface area contributed by atoms with Crippen LogP contribution in [0.25, 0.3) is 11.3 Å². The summed E-state index contributed by atoms with van der Waals surface area (Å²) in [6, 6.07) is 13.5. The number of nitrogens with zero attached hydrogens (tertiary/aromatic N) is 2. The zero-order valence-corrected chi connectivity index (χ0v) is 16.7. The van der Waals surface area contributed by atoms with Crippen molar-refractivity contribution in [2.24, 2.45) is 0 Å². The van der Waals surface area contributed by atoms with Gasteiger partial charge >= 0.3 is 6.09 Å². The van der Waals surface area contributed by atoms with E-state index >= 15 is 0 Å². The largest absolute Gasteiger partial charge is 0.441 e. The number of nitrogens with one attached hydrogen (secondary N) is 2. The lowest BCUT2D eigenvalue weighted by Gasteiger charge is -2.18. The van der Waals surface area contributed by atoms with E-state index in [0.29, 0.717) is 18.2 Å². The van der Waals surface area contributed by atoms with Crippen LogP contribution in [0, 0.1) is 0 Å². The number of anilines is 2. The number of thiophene rings is 1. The molecule has 2 aliphatic heterocycles. The van der Waals surface area contributed by atoms with E-state index in [-0.39, 0.29) is 24.9 Å². The Morgan fingerprint density at radius 1 is 1.10 bits per heavy atom. The second-order valence-corrected chi connectivity index (χ2v) is 7.84. The Balaban J connectivity index is 1.21. The molecule has 0 aliphatic carbocycles. The van der Waals surface area contributed by atoms with Gasteiger partial charge < -0.3 is 19.5 Å². The third-order valence-corrected chi connectivity index (χ3v) is 5.76. The van der Waals surface area contributed by atoms with Gasteiger partial charge in [-0.15, -0.1) is 0 Å². The molecule has 1 aromatic carbocycles. The van der Waals surface area contributed by atoms with Gasteiger partial charge in [0.25, 0.3) is 0 Å². The number of hydrogen-bond acceptors (Lipinski definition) is 8. The fourth-order valence-electron chi connectivity index (χ4n) is 3.67. The van der Waals surface area contributed by atoms with E-state index in [9.17, 15) is 4.79 Å². The van der Waals surface area contributed by atoms with Crippen molar-refractivity contribution in [1.29, 1.82) is 0 Å². The summed E-state index contributed by atoms with van der Waals surface area (Å²) < 4.78 is 17.3. The summed E-state index contributed by atoms with van der Waals surface area (Å²) in [5.74, 6) is 0.508. The van der Waals surface area contributed by atoms with Crippen molar-refractivity contribution in [3.63, 3.8) is 0 Å². The van der Waals surface area contributed by atoms with Crippen LogP contribution in [-0.2, 0) is 14.2 Å². The van der Waals surface area contributed by atoms with Crippen LogP contribution < -0.4 is 10.6 Å². The first-order valence-electron chi connectivity index (χ1n) is 9.64. The Kier molecular flexibility index (Phi) is 5.31. The third-order valence-electron chi connectivity index (χ3n) is 5.07. The number of hydrogen-bond donors (Lipinski definition) is 2. The van der Waals surface area contributed by atoms with E-state index in [1.54, 1.807) is 6.20 Å². The highest BCUT2D eigenvalue weighted by Gasteiger charge is 2.49. The number of fused-ring (bicyclic) bond motifs is 1. The van der Waals surface area contributed by atoms with Gasteiger partial charge in [0.2, 0.25) is 5.95 Å². The maximum absolute atomic E-state index is 12.1. The lowest BCUT2D eigenvalue weighted by atomic mass is 10.1. The quantitative estimate of drug-likeness (QED) is 0.648. The molecule has 0 bridgehead atoms. The van der Waals surface area contributed by atoms with Crippen molar-refractivity contribution in [1.82, 2.24) is 9.97 Å². The number of carbonyl (C=O) groups excluding carboxylic acids is 1. The monoisotopic (exact) mass is 424 g/mol. The molecule has 0 radical (unpaired) electrons. The molecule has 4 unspecified atom stereocenters. The van der Waals surface area contributed by atoms with Crippen molar-refractivity contribution < 1.29 is 19.0 Å². The minimum atomic E-state index is -0.512. The van der Waals surface area contributed by atoms with Gasteiger partial charge in [-0.05, 0) is 17.5 Å². The van der Waals surface area contributed by atoms with Crippen molar-refractivity contribution in [2.75, 3.05) is 23.8 Å². The van der Waals surface area contributed by atoms with Crippen LogP contribution in [0.4, 0.5) is 16.4 Å². The summed E-state index contributed by atoms with van der Waals surface area (Å²) in [4.78, 5) is 21.1. The van der Waals surface area contributed by atoms with Crippen molar-refractivity contribution >= 4 is 29.1 Å². The predicted molar refractivity (Wildman–Crippen MR) is 113 cm³/mol. The average molecular weight is 424 g/mol. The molecule has 1 amide bonds. The van der Waals surface area contributed by atoms with Gasteiger partial charge in [-0.3, -0.25) is 5.32 Å². The van der Waals surface area contributed by atoms with Crippen LogP contribution in [0.15, 0.2) is 59.4 Å². The highest BCUT2D eigenvalue weighted by molar-refractivity contribution is 7.08. The van der Waals surface area contributed by atoms with E-state index < -0.39 is 12.2 Å². The smallest absolute Gasteiger partial charge is 0.412 e. The standard InChI is InChI=1S/C21H20N4O4S/c26-21(23-14-7-9-30-12-14)29-17-11-28-18-16(10-27-19(17)18)25-20-22-8-6-15(24-20)13-4-2-1-3-5-13/h1-9,12,16-19H,10-11H2,(H,23,26)(H,22,24,25). The number of ether oxygens (including phenoxy) is 3. The first kappa shape index (κ1) is 19.0. The minimum Gasteiger partial charge on any atom is -0.441 e. The molecular weight excluding hydrogens is 404 g/mol. The van der Waals surface area contributed by atoms with Gasteiger partial charge in [0.05, 0.1) is 30.6 Å². The van der Waals surface area contributed by atoms with Gasteiger partial charge in [-0.2, -0.15) is 11.3 Å². The number of rotatable bonds is 5. The molecule has 30 heavy (non-hydrogen) atoms. The highest BCUT2D eigenvalue weighted by atomic mass is 32.1. The van der Waals surface area contributed by atoms with Gasteiger partial charge in [-0.1, -0.05) is 30.3 Å². The Morgan fingerprint density at radius 3 is 2.80 bits per heavy atom. The lowest BCUT2D eigenvalue weighted by molar-refractivity contribution is 0.00917. The first-order chi connectivity index (χ1) is 14.8. The number of aromatic nitrogens is 2. The maximum atomic E-state index is 12.1. The van der Waals surface area contributed by atoms with Crippen LogP contribution in [0.3, 0.4) is 0 Å². The third kappa shape index (κ3) is 4.00. The Morgan fingerprint density at radius 2 is 1.97 bits per heavy atom. The second kappa shape index (κ2) is 8.39. The molecular formula is C21H20N4O4S. The van der Waals surface area contributed by atoms with Crippen LogP contribution in [0.1, 0.15) is 0 Å². The van der Waals surface area contributed by atoms with Crippen LogP contribution in [0.5, 0.6) is 0 Å². The summed E-state index contributed by atoms with van der Waals surface area (Å²) in [6.07, 6.45) is 0.181. The Hall–Kier alpha value is -3.01. The maximum Gasteiger partial charge on any atom is 0.412 e. The first-order valence-corrected chi connectivity index (χ1v) is 10.6. The van der Waals surface area contributed by atoms with Crippen LogP contribution >= 0.6 is 11.3 Å². The topological polar surface area (TPSA) is 94.6 Å². The summed E-state index contributed by atoms with van der Waals surface area (Å²) in [6.45, 7) is 0.704. The zero-order chi connectivity index (χ0) is 20.3. The van der Waals surface area contributed by atoms with E-state index in [0.717, 1.165) is 11.3 Å². The fourth-order valence-corrected chi connectivity index (χ4v) is 4.26. The zero-order valence-electron chi connectivity index (χ0n) is 15.9. The molecule has 2 saturated heterocycles. The molecule has 9 heteroatoms. The molecule has 8 nitrogen and oxygen atoms in total. The Bertz CT molecular complexity index is 1000. The Labute approximate surface area is 177 Å². The van der Waals surface area contributed by atoms with Gasteiger partial charge in [0.15, 0.2) is 6.10 Å². The minimum absolute atomic E-state index is 0.130. The highest BCUT2D eigenvalue weighted by Crippen LogP contribution is 2.31. The molecule has 2 fully saturated rings. The van der Waals surface area contributed by atoms with E-state index in [1.165, 1.54) is 11.3 Å². The van der Waals surface area contributed by atoms with Crippen LogP contribution in [-0.4, -0.2) is 53.6 Å². The summed E-state index contributed by atoms with van der Waals surface area (Å²) in [5, 5.41) is 9.73. The molecule has 4 atom stereocenters. The lowest BCUT2D eigenvalue weighted by Crippen LogP contribution is -2.38. The molecule has 0 saturated carbocycles. The van der Waals surface area contributed by atoms with Gasteiger partial charge in [0.1, 0.15) is 12.2 Å². The van der Waals surface area contributed by atoms with Gasteiger partial charge in [-0.25, -0.2) is 14.8 Å². The molecule has 4 heterocycles. The average Bonchev–Trinajstić information content (AvgIpc) is 3.50. The molecule has 2 N–H and O–H groups in total. The summed E-state index contributed by atoms with van der Waals surface area (Å²) in [5.41, 5.74) is 2.57. The molecule has 0 spiro atoms. The van der Waals surface area contributed by atoms with E-state index in [1.807, 2.05) is 53.2 Å². The van der Waals surface area contributed by atoms with Crippen molar-refractivity contribution in [3.05, 3.63) is 59.4 Å². The molecule has 5 rings (SSSR count). The second-order valence-electron chi connectivity index (χ2n) is 7.06. The fraction of sp³-hybridized carbons (Fsp3) is 0.286. The summed E-state index contributed by atoms with van der Waals surface area (Å²) in [7, 11) is 0.